The van der Waals surface area contributed by atoms with Crippen LogP contribution in [0.3, 0.4) is 0 Å². The number of halogens is 2. The molecule has 1 amide bonds. The monoisotopic (exact) mass is 1240 g/mol. The molecule has 77 heavy (non-hydrogen) atoms. The molecule has 23 heteroatoms. The number of ether oxygens (including phenoxy) is 2. The summed E-state index contributed by atoms with van der Waals surface area (Å²) in [4.78, 5) is 16.4. The molecule has 0 bridgehead atoms. The van der Waals surface area contributed by atoms with Gasteiger partial charge in [-0.2, -0.15) is 32.2 Å². The topological polar surface area (TPSA) is 284 Å². The number of nitrogens with zero attached hydrogens (tertiary/aromatic N) is 5. The number of phenolic OH excluding ortho intramolecular Hbond substituents is 1. The Morgan fingerprint density at radius 3 is 1.61 bits per heavy atom. The summed E-state index contributed by atoms with van der Waals surface area (Å²) >= 11 is 12.4. The second-order valence-electron chi connectivity index (χ2n) is 16.2. The van der Waals surface area contributed by atoms with Gasteiger partial charge in [-0.1, -0.05) is 103 Å². The molecular formula is C54H46BaCl2N6O12S2. The summed E-state index contributed by atoms with van der Waals surface area (Å²) in [5.74, 6) is -1.23. The first-order valence-corrected chi connectivity index (χ1v) is 26.8. The van der Waals surface area contributed by atoms with Crippen molar-refractivity contribution >= 4 is 160 Å². The minimum absolute atomic E-state index is 0. The van der Waals surface area contributed by atoms with Crippen LogP contribution in [0.4, 0.5) is 34.1 Å². The maximum atomic E-state index is 13.4. The standard InChI is InChI=1S/2C27H24ClN3O6S.Ba/c2*1-3-19-22(12-13-23(24(19)28)38(34,35)36)30-31-25-20-11-6-5-8-16(20)14-21(26(25)32)27(33)29-17-9-7-10-18(15-17)37-4-2;/h2*5-15,32H,3-4H2,1-2H3,(H,29,33)(H,34,35,36);/q;;+2/p-2. The van der Waals surface area contributed by atoms with Crippen LogP contribution in [0.1, 0.15) is 54.7 Å². The molecule has 0 aliphatic carbocycles. The Hall–Kier alpha value is -6.41. The zero-order valence-electron chi connectivity index (χ0n) is 41.6. The zero-order chi connectivity index (χ0) is 54.9. The van der Waals surface area contributed by atoms with Gasteiger partial charge in [0.25, 0.3) is 26.1 Å². The van der Waals surface area contributed by atoms with E-state index in [1.54, 1.807) is 117 Å². The van der Waals surface area contributed by atoms with Crippen molar-refractivity contribution in [3.05, 3.63) is 166 Å². The number of benzene rings is 8. The molecule has 8 aromatic carbocycles. The van der Waals surface area contributed by atoms with Crippen molar-refractivity contribution in [3.63, 3.8) is 0 Å². The van der Waals surface area contributed by atoms with Crippen LogP contribution in [-0.2, 0) is 33.1 Å². The van der Waals surface area contributed by atoms with E-state index < -0.39 is 47.6 Å². The molecule has 8 rings (SSSR count). The minimum Gasteiger partial charge on any atom is -0.871 e. The van der Waals surface area contributed by atoms with Gasteiger partial charge in [0.1, 0.15) is 27.0 Å². The molecule has 0 heterocycles. The van der Waals surface area contributed by atoms with Gasteiger partial charge in [0.15, 0.2) is 5.75 Å². The van der Waals surface area contributed by atoms with Gasteiger partial charge in [0, 0.05) is 28.6 Å². The quantitative estimate of drug-likeness (QED) is 0.0231. The third-order valence-corrected chi connectivity index (χ3v) is 14.2. The normalized spacial score (nSPS) is 11.9. The third kappa shape index (κ3) is 14.2. The smallest absolute Gasteiger partial charge is 0.871 e. The Balaban J connectivity index is 0.000000246. The number of amides is 1. The number of nitrogens with one attached hydrogen (secondary N) is 1. The van der Waals surface area contributed by atoms with Crippen molar-refractivity contribution in [1.82, 2.24) is 0 Å². The van der Waals surface area contributed by atoms with Crippen LogP contribution in [0, 0.1) is 0 Å². The fourth-order valence-corrected chi connectivity index (χ4v) is 10.2. The molecule has 392 valence electrons. The number of azo groups is 2. The van der Waals surface area contributed by atoms with Crippen LogP contribution in [0.2, 0.25) is 10.0 Å². The Kier molecular flexibility index (Phi) is 20.4. The summed E-state index contributed by atoms with van der Waals surface area (Å²) in [6.07, 6.45) is 0.576. The van der Waals surface area contributed by atoms with E-state index in [4.69, 9.17) is 32.7 Å². The molecule has 18 nitrogen and oxygen atoms in total. The van der Waals surface area contributed by atoms with Gasteiger partial charge in [-0.3, -0.25) is 18.9 Å². The number of anilines is 1. The summed E-state index contributed by atoms with van der Waals surface area (Å²) in [5.41, 5.74) is 1.70. The number of rotatable bonds is 16. The van der Waals surface area contributed by atoms with Gasteiger partial charge in [0.2, 0.25) is 0 Å². The van der Waals surface area contributed by atoms with Crippen LogP contribution < -0.4 is 25.0 Å². The molecule has 0 saturated carbocycles. The predicted octanol–water partition coefficient (Wildman–Crippen LogP) is 12.3. The molecule has 0 aliphatic rings. The van der Waals surface area contributed by atoms with Crippen LogP contribution in [0.15, 0.2) is 169 Å². The van der Waals surface area contributed by atoms with Crippen LogP contribution in [-0.4, -0.2) is 105 Å². The second kappa shape index (κ2) is 26.3. The van der Waals surface area contributed by atoms with Crippen molar-refractivity contribution in [1.29, 1.82) is 0 Å². The largest absolute Gasteiger partial charge is 2.00 e. The van der Waals surface area contributed by atoms with Gasteiger partial charge < -0.3 is 30.1 Å². The van der Waals surface area contributed by atoms with Crippen molar-refractivity contribution in [2.75, 3.05) is 18.5 Å². The Bertz CT molecular complexity index is 3860. The number of hydrogen-bond acceptors (Lipinski definition) is 15. The van der Waals surface area contributed by atoms with Gasteiger partial charge in [-0.05, 0) is 121 Å². The summed E-state index contributed by atoms with van der Waals surface area (Å²) in [6, 6.07) is 35.4. The number of phenols is 1. The fraction of sp³-hybridized carbons (Fsp3) is 0.148. The Morgan fingerprint density at radius 1 is 0.610 bits per heavy atom. The van der Waals surface area contributed by atoms with Gasteiger partial charge in [-0.25, -0.2) is 0 Å². The number of hydrogen-bond donors (Lipinski definition) is 4. The molecule has 0 aliphatic heterocycles. The summed E-state index contributed by atoms with van der Waals surface area (Å²) < 4.78 is 76.3. The van der Waals surface area contributed by atoms with E-state index in [9.17, 15) is 46.1 Å². The SMILES string of the molecule is CCOc1cccc(N=C([O-])c2cc3ccccc3c(N=Nc3ccc(S(=O)(=O)O)c(Cl)c3CC)c2[O-])c1.CCOc1cccc(NC(=O)c2cc3ccccc3c(N=Nc3ccc(S(=O)(=O)O)c(Cl)c3CC)c2O)c1.[Ba+2]. The maximum Gasteiger partial charge on any atom is 2.00 e. The summed E-state index contributed by atoms with van der Waals surface area (Å²) in [5, 5.41) is 59.0. The van der Waals surface area contributed by atoms with E-state index in [0.717, 1.165) is 12.1 Å². The fourth-order valence-electron chi connectivity index (χ4n) is 7.82. The molecule has 0 spiro atoms. The Labute approximate surface area is 493 Å². The second-order valence-corrected chi connectivity index (χ2v) is 19.8. The number of aromatic hydroxyl groups is 1. The van der Waals surface area contributed by atoms with E-state index >= 15 is 0 Å². The predicted molar refractivity (Wildman–Crippen MR) is 294 cm³/mol. The molecular weight excluding hydrogens is 1200 g/mol. The molecule has 8 aromatic rings. The van der Waals surface area contributed by atoms with Crippen molar-refractivity contribution in [2.45, 2.75) is 50.3 Å². The third-order valence-electron chi connectivity index (χ3n) is 11.4. The molecule has 0 aromatic heterocycles. The first kappa shape index (κ1) is 59.8. The first-order chi connectivity index (χ1) is 36.3. The number of carbonyl (C=O) groups is 1. The first-order valence-electron chi connectivity index (χ1n) is 23.2. The minimum atomic E-state index is -4.54. The maximum absolute atomic E-state index is 13.4. The van der Waals surface area contributed by atoms with Crippen molar-refractivity contribution in [2.24, 2.45) is 25.4 Å². The van der Waals surface area contributed by atoms with E-state index in [0.29, 0.717) is 75.2 Å². The van der Waals surface area contributed by atoms with Gasteiger partial charge in [-0.15, -0.1) is 5.11 Å². The zero-order valence-corrected chi connectivity index (χ0v) is 49.1. The van der Waals surface area contributed by atoms with Crippen LogP contribution in [0.5, 0.6) is 23.0 Å². The summed E-state index contributed by atoms with van der Waals surface area (Å²) in [6.45, 7) is 8.08. The number of carbonyl (C=O) groups excluding carboxylic acids is 1. The molecule has 0 unspecified atom stereocenters. The van der Waals surface area contributed by atoms with Gasteiger partial charge in [0.05, 0.1) is 51.6 Å². The number of aliphatic imine (C=N–C) groups is 1. The number of fused-ring (bicyclic) bond motifs is 2. The van der Waals surface area contributed by atoms with Crippen LogP contribution >= 0.6 is 23.2 Å². The average Bonchev–Trinajstić information content (AvgIpc) is 3.39. The van der Waals surface area contributed by atoms with Crippen molar-refractivity contribution < 1.29 is 55.5 Å². The van der Waals surface area contributed by atoms with Crippen LogP contribution in [0.25, 0.3) is 21.5 Å². The molecule has 0 radical (unpaired) electrons. The average molecular weight is 1240 g/mol. The molecule has 0 atom stereocenters. The molecule has 0 fully saturated rings. The van der Waals surface area contributed by atoms with Crippen molar-refractivity contribution in [3.8, 4) is 23.0 Å². The molecule has 0 saturated heterocycles. The van der Waals surface area contributed by atoms with E-state index in [2.05, 4.69) is 30.8 Å². The Morgan fingerprint density at radius 2 is 1.09 bits per heavy atom. The molecule has 4 N–H and O–H groups in total. The van der Waals surface area contributed by atoms with E-state index in [1.807, 2.05) is 13.8 Å². The van der Waals surface area contributed by atoms with Gasteiger partial charge >= 0.3 is 48.9 Å². The summed E-state index contributed by atoms with van der Waals surface area (Å²) in [7, 11) is -9.07. The van der Waals surface area contributed by atoms with E-state index in [-0.39, 0.29) is 105 Å². The van der Waals surface area contributed by atoms with E-state index in [1.165, 1.54) is 18.2 Å².